The van der Waals surface area contributed by atoms with Crippen LogP contribution in [0.15, 0.2) is 17.5 Å². The zero-order valence-electron chi connectivity index (χ0n) is 21.3. The quantitative estimate of drug-likeness (QED) is 0.0561. The van der Waals surface area contributed by atoms with E-state index in [-0.39, 0.29) is 44.1 Å². The van der Waals surface area contributed by atoms with E-state index >= 15 is 0 Å². The first-order valence-corrected chi connectivity index (χ1v) is 11.9. The van der Waals surface area contributed by atoms with Gasteiger partial charge in [-0.2, -0.15) is 0 Å². The van der Waals surface area contributed by atoms with Crippen LogP contribution in [0.5, 0.6) is 0 Å². The van der Waals surface area contributed by atoms with Crippen molar-refractivity contribution in [1.82, 2.24) is 25.9 Å². The molecule has 0 saturated carbocycles. The van der Waals surface area contributed by atoms with Gasteiger partial charge in [0.2, 0.25) is 17.7 Å². The molecule has 1 heterocycles. The number of carbonyl (C=O) groups excluding carboxylic acids is 3. The summed E-state index contributed by atoms with van der Waals surface area (Å²) < 4.78 is 0. The molecule has 0 aliphatic carbocycles. The number of amides is 3. The number of aliphatic carboxylic acids is 2. The number of aliphatic imine (C=N–C) groups is 1. The molecular weight excluding hydrogens is 502 g/mol. The summed E-state index contributed by atoms with van der Waals surface area (Å²) in [6.45, 7) is 3.80. The van der Waals surface area contributed by atoms with Crippen LogP contribution in [-0.4, -0.2) is 86.5 Å². The molecule has 0 bridgehead atoms. The fraction of sp³-hybridized carbons (Fsp3) is 0.591. The van der Waals surface area contributed by atoms with Crippen LogP contribution in [0.25, 0.3) is 0 Å². The van der Waals surface area contributed by atoms with Crippen LogP contribution in [0.2, 0.25) is 0 Å². The van der Waals surface area contributed by atoms with Gasteiger partial charge in [0.15, 0.2) is 5.96 Å². The lowest BCUT2D eigenvalue weighted by molar-refractivity contribution is -0.142. The molecule has 0 aliphatic heterocycles. The van der Waals surface area contributed by atoms with Crippen molar-refractivity contribution in [3.63, 3.8) is 0 Å². The highest BCUT2D eigenvalue weighted by molar-refractivity contribution is 5.94. The van der Waals surface area contributed by atoms with Gasteiger partial charge in [-0.05, 0) is 25.2 Å². The van der Waals surface area contributed by atoms with Crippen LogP contribution < -0.4 is 33.2 Å². The highest BCUT2D eigenvalue weighted by Crippen LogP contribution is 2.09. The lowest BCUT2D eigenvalue weighted by Crippen LogP contribution is -2.58. The maximum absolute atomic E-state index is 13.2. The highest BCUT2D eigenvalue weighted by atomic mass is 16.4. The minimum atomic E-state index is -1.41. The van der Waals surface area contributed by atoms with Crippen molar-refractivity contribution >= 4 is 35.6 Å². The highest BCUT2D eigenvalue weighted by Gasteiger charge is 2.31. The van der Waals surface area contributed by atoms with Crippen molar-refractivity contribution in [1.29, 1.82) is 0 Å². The van der Waals surface area contributed by atoms with Crippen molar-refractivity contribution in [2.45, 2.75) is 70.1 Å². The smallest absolute Gasteiger partial charge is 0.326 e. The summed E-state index contributed by atoms with van der Waals surface area (Å²) >= 11 is 0. The molecule has 212 valence electrons. The Morgan fingerprint density at radius 2 is 1.61 bits per heavy atom. The number of nitrogens with zero attached hydrogens (tertiary/aromatic N) is 2. The normalized spacial score (nSPS) is 14.0. The predicted molar refractivity (Wildman–Crippen MR) is 135 cm³/mol. The molecule has 0 aromatic carbocycles. The summed E-state index contributed by atoms with van der Waals surface area (Å²) in [6, 6.07) is -5.02. The molecule has 12 N–H and O–H groups in total. The van der Waals surface area contributed by atoms with E-state index in [0.29, 0.717) is 5.69 Å². The number of carboxylic acid groups (broad SMARTS) is 2. The van der Waals surface area contributed by atoms with E-state index < -0.39 is 60.2 Å². The van der Waals surface area contributed by atoms with Gasteiger partial charge in [-0.15, -0.1) is 0 Å². The summed E-state index contributed by atoms with van der Waals surface area (Å²) in [7, 11) is 0. The minimum absolute atomic E-state index is 0.0418. The Morgan fingerprint density at radius 1 is 1.00 bits per heavy atom. The third-order valence-electron chi connectivity index (χ3n) is 5.24. The van der Waals surface area contributed by atoms with Gasteiger partial charge < -0.3 is 48.3 Å². The molecule has 1 aromatic heterocycles. The van der Waals surface area contributed by atoms with Crippen LogP contribution in [0.4, 0.5) is 0 Å². The second kappa shape index (κ2) is 15.8. The molecular formula is C22H37N9O7. The molecule has 1 rings (SSSR count). The number of carbonyl (C=O) groups is 5. The van der Waals surface area contributed by atoms with E-state index in [1.165, 1.54) is 12.5 Å². The van der Waals surface area contributed by atoms with Crippen molar-refractivity contribution in [2.75, 3.05) is 6.54 Å². The Kier molecular flexibility index (Phi) is 13.2. The average Bonchev–Trinajstić information content (AvgIpc) is 3.32. The SMILES string of the molecule is CC(C)CC(NC(=O)C(Cc1cnc[nH]1)NC(=O)C(N)CC(=O)O)C(=O)NC(CCCN=C(N)N)C(=O)O. The fourth-order valence-corrected chi connectivity index (χ4v) is 3.39. The summed E-state index contributed by atoms with van der Waals surface area (Å²) in [5, 5.41) is 25.8. The number of hydrogen-bond donors (Lipinski definition) is 9. The number of imidazole rings is 1. The second-order valence-electron chi connectivity index (χ2n) is 9.09. The third kappa shape index (κ3) is 12.2. The van der Waals surface area contributed by atoms with E-state index in [1.54, 1.807) is 0 Å². The van der Waals surface area contributed by atoms with Crippen LogP contribution >= 0.6 is 0 Å². The summed E-state index contributed by atoms with van der Waals surface area (Å²) in [4.78, 5) is 71.7. The third-order valence-corrected chi connectivity index (χ3v) is 5.24. The molecule has 16 heteroatoms. The van der Waals surface area contributed by atoms with Crippen molar-refractivity contribution in [2.24, 2.45) is 28.1 Å². The van der Waals surface area contributed by atoms with E-state index in [9.17, 15) is 29.1 Å². The summed E-state index contributed by atoms with van der Waals surface area (Å²) in [5.41, 5.74) is 16.6. The molecule has 0 fully saturated rings. The molecule has 0 spiro atoms. The van der Waals surface area contributed by atoms with E-state index in [4.69, 9.17) is 22.3 Å². The number of aromatic amines is 1. The molecule has 4 atom stereocenters. The number of carboxylic acids is 2. The minimum Gasteiger partial charge on any atom is -0.481 e. The molecule has 4 unspecified atom stereocenters. The maximum Gasteiger partial charge on any atom is 0.326 e. The molecule has 0 saturated heterocycles. The standard InChI is InChI=1S/C22H37N9O7/c1-11(2)6-15(19(35)29-14(21(37)38)4-3-5-27-22(24)25)31-20(36)16(7-12-9-26-10-28-12)30-18(34)13(23)8-17(32)33/h9-11,13-16H,3-8,23H2,1-2H3,(H,26,28)(H,29,35)(H,30,34)(H,31,36)(H,32,33)(H,37,38)(H4,24,25,27). The summed E-state index contributed by atoms with van der Waals surface area (Å²) in [6.07, 6.45) is 2.59. The molecule has 1 aromatic rings. The lowest BCUT2D eigenvalue weighted by Gasteiger charge is -2.26. The molecule has 0 radical (unpaired) electrons. The topological polar surface area (TPSA) is 281 Å². The first-order chi connectivity index (χ1) is 17.8. The van der Waals surface area contributed by atoms with E-state index in [1.807, 2.05) is 13.8 Å². The zero-order chi connectivity index (χ0) is 28.8. The predicted octanol–water partition coefficient (Wildman–Crippen LogP) is -2.61. The Bertz CT molecular complexity index is 978. The number of H-pyrrole nitrogens is 1. The van der Waals surface area contributed by atoms with Gasteiger partial charge in [0, 0.05) is 24.9 Å². The monoisotopic (exact) mass is 539 g/mol. The molecule has 0 aliphatic rings. The van der Waals surface area contributed by atoms with Crippen molar-refractivity contribution in [3.8, 4) is 0 Å². The number of hydrogen-bond acceptors (Lipinski definition) is 8. The van der Waals surface area contributed by atoms with E-state index in [2.05, 4.69) is 30.9 Å². The summed E-state index contributed by atoms with van der Waals surface area (Å²) in [5.74, 6) is -5.12. The van der Waals surface area contributed by atoms with Crippen LogP contribution in [0, 0.1) is 5.92 Å². The van der Waals surface area contributed by atoms with Crippen LogP contribution in [0.1, 0.15) is 45.2 Å². The number of guanidine groups is 1. The van der Waals surface area contributed by atoms with Gasteiger partial charge in [0.25, 0.3) is 0 Å². The van der Waals surface area contributed by atoms with Gasteiger partial charge in [-0.25, -0.2) is 9.78 Å². The van der Waals surface area contributed by atoms with Gasteiger partial charge >= 0.3 is 11.9 Å². The Hall–Kier alpha value is -4.21. The van der Waals surface area contributed by atoms with E-state index in [0.717, 1.165) is 0 Å². The van der Waals surface area contributed by atoms with Gasteiger partial charge in [-0.3, -0.25) is 24.2 Å². The van der Waals surface area contributed by atoms with Crippen molar-refractivity contribution < 1.29 is 34.2 Å². The second-order valence-corrected chi connectivity index (χ2v) is 9.09. The Morgan fingerprint density at radius 3 is 2.13 bits per heavy atom. The number of nitrogens with two attached hydrogens (primary N) is 3. The van der Waals surface area contributed by atoms with Gasteiger partial charge in [0.05, 0.1) is 18.8 Å². The first kappa shape index (κ1) is 31.8. The molecule has 16 nitrogen and oxygen atoms in total. The first-order valence-electron chi connectivity index (χ1n) is 11.9. The largest absolute Gasteiger partial charge is 0.481 e. The lowest BCUT2D eigenvalue weighted by atomic mass is 10.0. The molecule has 38 heavy (non-hydrogen) atoms. The number of rotatable bonds is 17. The average molecular weight is 540 g/mol. The van der Waals surface area contributed by atoms with Crippen LogP contribution in [-0.2, 0) is 30.4 Å². The maximum atomic E-state index is 13.2. The van der Waals surface area contributed by atoms with Crippen molar-refractivity contribution in [3.05, 3.63) is 18.2 Å². The fourth-order valence-electron chi connectivity index (χ4n) is 3.39. The zero-order valence-corrected chi connectivity index (χ0v) is 21.3. The Balaban J connectivity index is 3.01. The number of nitrogens with one attached hydrogen (secondary N) is 4. The molecule has 3 amide bonds. The van der Waals surface area contributed by atoms with Crippen LogP contribution in [0.3, 0.4) is 0 Å². The Labute approximate surface area is 219 Å². The number of aromatic nitrogens is 2. The van der Waals surface area contributed by atoms with Gasteiger partial charge in [-0.1, -0.05) is 13.8 Å². The van der Waals surface area contributed by atoms with Gasteiger partial charge in [0.1, 0.15) is 18.1 Å².